The van der Waals surface area contributed by atoms with E-state index in [1.165, 1.54) is 12.1 Å². The van der Waals surface area contributed by atoms with Crippen LogP contribution in [-0.2, 0) is 16.0 Å². The molecule has 6 nitrogen and oxygen atoms in total. The van der Waals surface area contributed by atoms with Crippen molar-refractivity contribution in [1.29, 1.82) is 0 Å². The summed E-state index contributed by atoms with van der Waals surface area (Å²) in [4.78, 5) is 22.7. The van der Waals surface area contributed by atoms with Gasteiger partial charge in [0.1, 0.15) is 11.6 Å². The molecule has 1 aromatic rings. The molecule has 1 rings (SSSR count). The van der Waals surface area contributed by atoms with Crippen LogP contribution in [0.4, 0.5) is 9.18 Å². The summed E-state index contributed by atoms with van der Waals surface area (Å²) < 4.78 is 18.6. The second-order valence-electron chi connectivity index (χ2n) is 5.49. The van der Waals surface area contributed by atoms with Crippen molar-refractivity contribution in [3.05, 3.63) is 29.6 Å². The summed E-state index contributed by atoms with van der Waals surface area (Å²) in [5, 5.41) is 20.5. The molecule has 0 radical (unpaired) electrons. The highest BCUT2D eigenvalue weighted by Gasteiger charge is 2.25. The first-order valence-electron chi connectivity index (χ1n) is 6.29. The Hall–Kier alpha value is -2.31. The number of hydrogen-bond donors (Lipinski definition) is 3. The molecule has 1 amide bonds. The maximum absolute atomic E-state index is 13.6. The molecule has 0 aliphatic carbocycles. The molecule has 1 atom stereocenters. The number of hydrogen-bond acceptors (Lipinski definition) is 4. The van der Waals surface area contributed by atoms with Gasteiger partial charge in [0.15, 0.2) is 11.6 Å². The summed E-state index contributed by atoms with van der Waals surface area (Å²) in [6, 6.07) is 2.51. The highest BCUT2D eigenvalue weighted by molar-refractivity contribution is 5.80. The standard InChI is InChI=1S/C14H18FNO5/c1-14(2,3)21-13(20)16-9(12(18)19)7-8-5-4-6-10(17)11(8)15/h4-6,9,17H,7H2,1-3H3,(H,16,20)(H,18,19). The molecule has 1 aromatic carbocycles. The summed E-state index contributed by atoms with van der Waals surface area (Å²) in [5.41, 5.74) is -0.790. The molecule has 21 heavy (non-hydrogen) atoms. The number of nitrogens with one attached hydrogen (secondary N) is 1. The zero-order valence-electron chi connectivity index (χ0n) is 12.0. The van der Waals surface area contributed by atoms with Gasteiger partial charge >= 0.3 is 12.1 Å². The number of ether oxygens (including phenoxy) is 1. The van der Waals surface area contributed by atoms with Crippen LogP contribution in [0.25, 0.3) is 0 Å². The minimum atomic E-state index is -1.36. The zero-order valence-corrected chi connectivity index (χ0v) is 12.0. The lowest BCUT2D eigenvalue weighted by molar-refractivity contribution is -0.139. The van der Waals surface area contributed by atoms with Gasteiger partial charge in [-0.3, -0.25) is 0 Å². The van der Waals surface area contributed by atoms with E-state index in [0.717, 1.165) is 6.07 Å². The average Bonchev–Trinajstić information content (AvgIpc) is 2.31. The van der Waals surface area contributed by atoms with Gasteiger partial charge in [0.05, 0.1) is 0 Å². The van der Waals surface area contributed by atoms with E-state index in [9.17, 15) is 19.1 Å². The smallest absolute Gasteiger partial charge is 0.408 e. The van der Waals surface area contributed by atoms with E-state index in [1.54, 1.807) is 20.8 Å². The number of carboxylic acid groups (broad SMARTS) is 1. The zero-order chi connectivity index (χ0) is 16.2. The van der Waals surface area contributed by atoms with Crippen LogP contribution in [-0.4, -0.2) is 33.9 Å². The van der Waals surface area contributed by atoms with Gasteiger partial charge in [-0.2, -0.15) is 0 Å². The Morgan fingerprint density at radius 3 is 2.52 bits per heavy atom. The van der Waals surface area contributed by atoms with Crippen LogP contribution < -0.4 is 5.32 Å². The summed E-state index contributed by atoms with van der Waals surface area (Å²) in [6.45, 7) is 4.91. The lowest BCUT2D eigenvalue weighted by Crippen LogP contribution is -2.44. The Labute approximate surface area is 121 Å². The number of halogens is 1. The van der Waals surface area contributed by atoms with Crippen LogP contribution in [0.3, 0.4) is 0 Å². The fourth-order valence-electron chi connectivity index (χ4n) is 1.59. The van der Waals surface area contributed by atoms with Gasteiger partial charge in [-0.1, -0.05) is 12.1 Å². The van der Waals surface area contributed by atoms with Crippen LogP contribution in [0.1, 0.15) is 26.3 Å². The first-order chi connectivity index (χ1) is 9.60. The van der Waals surface area contributed by atoms with Crippen LogP contribution in [0.2, 0.25) is 0 Å². The van der Waals surface area contributed by atoms with Crippen molar-refractivity contribution in [3.63, 3.8) is 0 Å². The number of aliphatic carboxylic acids is 1. The third kappa shape index (κ3) is 5.29. The molecule has 0 aliphatic rings. The predicted octanol–water partition coefficient (Wildman–Crippen LogP) is 2.05. The van der Waals surface area contributed by atoms with Gasteiger partial charge in [-0.15, -0.1) is 0 Å². The predicted molar refractivity (Wildman–Crippen MR) is 72.6 cm³/mol. The molecule has 0 spiro atoms. The molecular weight excluding hydrogens is 281 g/mol. The van der Waals surface area contributed by atoms with Crippen molar-refractivity contribution in [2.24, 2.45) is 0 Å². The molecule has 0 saturated carbocycles. The minimum Gasteiger partial charge on any atom is -0.505 e. The number of carboxylic acids is 1. The Bertz CT molecular complexity index is 539. The Morgan fingerprint density at radius 1 is 1.38 bits per heavy atom. The number of phenols is 1. The third-order valence-electron chi connectivity index (χ3n) is 2.47. The van der Waals surface area contributed by atoms with E-state index in [-0.39, 0.29) is 12.0 Å². The summed E-state index contributed by atoms with van der Waals surface area (Å²) >= 11 is 0. The average molecular weight is 299 g/mol. The highest BCUT2D eigenvalue weighted by Crippen LogP contribution is 2.20. The molecular formula is C14H18FNO5. The number of benzene rings is 1. The first kappa shape index (κ1) is 16.7. The summed E-state index contributed by atoms with van der Waals surface area (Å²) in [6.07, 6.45) is -1.22. The van der Waals surface area contributed by atoms with Gasteiger partial charge in [-0.05, 0) is 32.4 Å². The van der Waals surface area contributed by atoms with E-state index in [1.807, 2.05) is 0 Å². The lowest BCUT2D eigenvalue weighted by Gasteiger charge is -2.22. The molecule has 1 unspecified atom stereocenters. The molecule has 3 N–H and O–H groups in total. The van der Waals surface area contributed by atoms with E-state index in [0.29, 0.717) is 0 Å². The fraction of sp³-hybridized carbons (Fsp3) is 0.429. The van der Waals surface area contributed by atoms with Crippen molar-refractivity contribution >= 4 is 12.1 Å². The number of amides is 1. The van der Waals surface area contributed by atoms with Gasteiger partial charge in [0, 0.05) is 6.42 Å². The second-order valence-corrected chi connectivity index (χ2v) is 5.49. The topological polar surface area (TPSA) is 95.9 Å². The SMILES string of the molecule is CC(C)(C)OC(=O)NC(Cc1cccc(O)c1F)C(=O)O. The molecule has 116 valence electrons. The molecule has 0 bridgehead atoms. The number of carbonyl (C=O) groups is 2. The van der Waals surface area contributed by atoms with Crippen LogP contribution in [0, 0.1) is 5.82 Å². The Kier molecular flexibility index (Phi) is 5.12. The number of carbonyl (C=O) groups excluding carboxylic acids is 1. The second kappa shape index (κ2) is 6.43. The number of rotatable bonds is 4. The van der Waals surface area contributed by atoms with Crippen molar-refractivity contribution < 1.29 is 28.9 Å². The quantitative estimate of drug-likeness (QED) is 0.790. The largest absolute Gasteiger partial charge is 0.505 e. The van der Waals surface area contributed by atoms with Crippen molar-refractivity contribution in [3.8, 4) is 5.75 Å². The van der Waals surface area contributed by atoms with Gasteiger partial charge < -0.3 is 20.3 Å². The molecule has 0 fully saturated rings. The fourth-order valence-corrected chi connectivity index (χ4v) is 1.59. The Balaban J connectivity index is 2.82. The van der Waals surface area contributed by atoms with E-state index >= 15 is 0 Å². The lowest BCUT2D eigenvalue weighted by atomic mass is 10.1. The van der Waals surface area contributed by atoms with Crippen LogP contribution in [0.5, 0.6) is 5.75 Å². The normalized spacial score (nSPS) is 12.6. The monoisotopic (exact) mass is 299 g/mol. The Morgan fingerprint density at radius 2 is 2.00 bits per heavy atom. The van der Waals surface area contributed by atoms with Gasteiger partial charge in [-0.25, -0.2) is 14.0 Å². The molecule has 0 heterocycles. The van der Waals surface area contributed by atoms with Crippen molar-refractivity contribution in [2.45, 2.75) is 38.8 Å². The van der Waals surface area contributed by atoms with Gasteiger partial charge in [0.2, 0.25) is 0 Å². The molecule has 0 aromatic heterocycles. The van der Waals surface area contributed by atoms with Gasteiger partial charge in [0.25, 0.3) is 0 Å². The van der Waals surface area contributed by atoms with Crippen molar-refractivity contribution in [2.75, 3.05) is 0 Å². The maximum Gasteiger partial charge on any atom is 0.408 e. The highest BCUT2D eigenvalue weighted by atomic mass is 19.1. The van der Waals surface area contributed by atoms with Crippen molar-refractivity contribution in [1.82, 2.24) is 5.32 Å². The van der Waals surface area contributed by atoms with Crippen LogP contribution in [0.15, 0.2) is 18.2 Å². The maximum atomic E-state index is 13.6. The molecule has 7 heteroatoms. The number of alkyl carbamates (subject to hydrolysis) is 1. The van der Waals surface area contributed by atoms with E-state index < -0.39 is 35.3 Å². The number of aromatic hydroxyl groups is 1. The molecule has 0 aliphatic heterocycles. The number of phenolic OH excluding ortho intramolecular Hbond substituents is 1. The van der Waals surface area contributed by atoms with E-state index in [2.05, 4.69) is 5.32 Å². The summed E-state index contributed by atoms with van der Waals surface area (Å²) in [5.74, 6) is -2.81. The third-order valence-corrected chi connectivity index (χ3v) is 2.47. The van der Waals surface area contributed by atoms with Crippen LogP contribution >= 0.6 is 0 Å². The minimum absolute atomic E-state index is 0.0153. The summed E-state index contributed by atoms with van der Waals surface area (Å²) in [7, 11) is 0. The molecule has 0 saturated heterocycles. The van der Waals surface area contributed by atoms with E-state index in [4.69, 9.17) is 9.84 Å². The first-order valence-corrected chi connectivity index (χ1v) is 6.29.